The molecule has 0 aliphatic carbocycles. The van der Waals surface area contributed by atoms with Crippen molar-refractivity contribution in [2.24, 2.45) is 11.3 Å². The van der Waals surface area contributed by atoms with E-state index in [2.05, 4.69) is 52.1 Å². The second kappa shape index (κ2) is 8.21. The maximum absolute atomic E-state index is 6.10. The van der Waals surface area contributed by atoms with Gasteiger partial charge in [-0.25, -0.2) is 0 Å². The molecule has 1 aromatic rings. The molecule has 0 aromatic heterocycles. The van der Waals surface area contributed by atoms with Gasteiger partial charge < -0.3 is 10.1 Å². The lowest BCUT2D eigenvalue weighted by atomic mass is 9.64. The van der Waals surface area contributed by atoms with Crippen LogP contribution in [-0.4, -0.2) is 18.8 Å². The maximum atomic E-state index is 6.10. The Morgan fingerprint density at radius 3 is 2.46 bits per heavy atom. The van der Waals surface area contributed by atoms with E-state index in [4.69, 9.17) is 16.3 Å². The van der Waals surface area contributed by atoms with Crippen molar-refractivity contribution in [3.63, 3.8) is 0 Å². The summed E-state index contributed by atoms with van der Waals surface area (Å²) in [5.74, 6) is 0.680. The van der Waals surface area contributed by atoms with Crippen molar-refractivity contribution < 1.29 is 4.74 Å². The molecule has 0 amide bonds. The smallest absolute Gasteiger partial charge is 0.0657 e. The SMILES string of the molecule is CC[C@]1(C)C[C@@](CCN[C@@H](C)c2ccc(Cl)cc2)(C(C)C)CCO1. The minimum absolute atomic E-state index is 0.0459. The van der Waals surface area contributed by atoms with Crippen LogP contribution in [0.1, 0.15) is 71.9 Å². The second-order valence-electron chi connectivity index (χ2n) is 8.07. The van der Waals surface area contributed by atoms with E-state index in [1.54, 1.807) is 0 Å². The minimum atomic E-state index is 0.0459. The third kappa shape index (κ3) is 4.74. The fourth-order valence-corrected chi connectivity index (χ4v) is 4.14. The highest BCUT2D eigenvalue weighted by Crippen LogP contribution is 2.47. The van der Waals surface area contributed by atoms with Gasteiger partial charge in [-0.2, -0.15) is 0 Å². The summed E-state index contributed by atoms with van der Waals surface area (Å²) in [6.45, 7) is 13.5. The predicted octanol–water partition coefficient (Wildman–Crippen LogP) is 6.00. The number of rotatable bonds is 7. The van der Waals surface area contributed by atoms with Crippen molar-refractivity contribution in [1.82, 2.24) is 5.32 Å². The van der Waals surface area contributed by atoms with E-state index in [1.165, 1.54) is 24.8 Å². The number of ether oxygens (including phenoxy) is 1. The van der Waals surface area contributed by atoms with Crippen LogP contribution in [0.5, 0.6) is 0 Å². The molecule has 2 nitrogen and oxygen atoms in total. The maximum Gasteiger partial charge on any atom is 0.0657 e. The molecular weight excluding hydrogens is 318 g/mol. The van der Waals surface area contributed by atoms with E-state index in [9.17, 15) is 0 Å². The van der Waals surface area contributed by atoms with Crippen LogP contribution in [0.3, 0.4) is 0 Å². The van der Waals surface area contributed by atoms with Gasteiger partial charge in [-0.1, -0.05) is 44.5 Å². The molecule has 0 unspecified atom stereocenters. The van der Waals surface area contributed by atoms with Crippen molar-refractivity contribution in [1.29, 1.82) is 0 Å². The van der Waals surface area contributed by atoms with E-state index in [0.29, 0.717) is 17.4 Å². The highest BCUT2D eigenvalue weighted by atomic mass is 35.5. The van der Waals surface area contributed by atoms with Crippen LogP contribution in [0.2, 0.25) is 5.02 Å². The number of hydrogen-bond donors (Lipinski definition) is 1. The Bertz CT molecular complexity index is 515. The number of benzene rings is 1. The molecule has 1 aliphatic heterocycles. The summed E-state index contributed by atoms with van der Waals surface area (Å²) in [5, 5.41) is 4.50. The topological polar surface area (TPSA) is 21.3 Å². The molecule has 2 rings (SSSR count). The molecule has 3 atom stereocenters. The highest BCUT2D eigenvalue weighted by molar-refractivity contribution is 6.30. The van der Waals surface area contributed by atoms with Crippen LogP contribution in [-0.2, 0) is 4.74 Å². The minimum Gasteiger partial charge on any atom is -0.375 e. The molecule has 1 aliphatic rings. The summed E-state index contributed by atoms with van der Waals surface area (Å²) in [7, 11) is 0. The van der Waals surface area contributed by atoms with E-state index < -0.39 is 0 Å². The molecule has 1 aromatic carbocycles. The molecule has 0 saturated carbocycles. The lowest BCUT2D eigenvalue weighted by molar-refractivity contribution is -0.132. The van der Waals surface area contributed by atoms with Crippen LogP contribution >= 0.6 is 11.6 Å². The zero-order chi connectivity index (χ0) is 17.8. The van der Waals surface area contributed by atoms with Gasteiger partial charge in [0.1, 0.15) is 0 Å². The van der Waals surface area contributed by atoms with E-state index in [-0.39, 0.29) is 5.60 Å². The monoisotopic (exact) mass is 351 g/mol. The van der Waals surface area contributed by atoms with Crippen LogP contribution in [0.15, 0.2) is 24.3 Å². The molecule has 0 spiro atoms. The first-order valence-corrected chi connectivity index (χ1v) is 9.81. The molecule has 1 heterocycles. The Morgan fingerprint density at radius 1 is 1.21 bits per heavy atom. The lowest BCUT2D eigenvalue weighted by Crippen LogP contribution is -2.46. The molecule has 1 fully saturated rings. The van der Waals surface area contributed by atoms with Crippen LogP contribution in [0, 0.1) is 11.3 Å². The molecule has 1 saturated heterocycles. The largest absolute Gasteiger partial charge is 0.375 e. The molecule has 24 heavy (non-hydrogen) atoms. The first-order chi connectivity index (χ1) is 11.3. The first-order valence-electron chi connectivity index (χ1n) is 9.43. The van der Waals surface area contributed by atoms with Crippen LogP contribution in [0.4, 0.5) is 0 Å². The molecule has 0 bridgehead atoms. The van der Waals surface area contributed by atoms with E-state index in [1.807, 2.05) is 12.1 Å². The normalized spacial score (nSPS) is 29.0. The fraction of sp³-hybridized carbons (Fsp3) is 0.714. The molecule has 136 valence electrons. The predicted molar refractivity (Wildman–Crippen MR) is 104 cm³/mol. The van der Waals surface area contributed by atoms with Gasteiger partial charge in [0.25, 0.3) is 0 Å². The Kier molecular flexibility index (Phi) is 6.75. The van der Waals surface area contributed by atoms with Crippen LogP contribution < -0.4 is 5.32 Å². The van der Waals surface area contributed by atoms with Gasteiger partial charge >= 0.3 is 0 Å². The summed E-state index contributed by atoms with van der Waals surface area (Å²) in [4.78, 5) is 0. The number of hydrogen-bond acceptors (Lipinski definition) is 2. The molecule has 0 radical (unpaired) electrons. The van der Waals surface area contributed by atoms with Gasteiger partial charge in [0.15, 0.2) is 0 Å². The Hall–Kier alpha value is -0.570. The highest BCUT2D eigenvalue weighted by Gasteiger charge is 2.43. The van der Waals surface area contributed by atoms with Gasteiger partial charge in [-0.15, -0.1) is 0 Å². The molecular formula is C21H34ClNO. The van der Waals surface area contributed by atoms with Crippen molar-refractivity contribution >= 4 is 11.6 Å². The van der Waals surface area contributed by atoms with E-state index in [0.717, 1.165) is 24.6 Å². The summed E-state index contributed by atoms with van der Waals surface area (Å²) < 4.78 is 6.10. The van der Waals surface area contributed by atoms with E-state index >= 15 is 0 Å². The Balaban J connectivity index is 1.95. The average molecular weight is 352 g/mol. The third-order valence-corrected chi connectivity index (χ3v) is 6.44. The van der Waals surface area contributed by atoms with Gasteiger partial charge in [-0.3, -0.25) is 0 Å². The second-order valence-corrected chi connectivity index (χ2v) is 8.51. The van der Waals surface area contributed by atoms with Gasteiger partial charge in [-0.05, 0) is 75.1 Å². The number of halogens is 1. The Labute approximate surface area is 153 Å². The summed E-state index contributed by atoms with van der Waals surface area (Å²) in [5.41, 5.74) is 1.73. The van der Waals surface area contributed by atoms with Crippen molar-refractivity contribution in [3.8, 4) is 0 Å². The zero-order valence-corrected chi connectivity index (χ0v) is 16.7. The average Bonchev–Trinajstić information content (AvgIpc) is 2.55. The van der Waals surface area contributed by atoms with Gasteiger partial charge in [0, 0.05) is 17.7 Å². The molecule has 1 N–H and O–H groups in total. The molecule has 3 heteroatoms. The van der Waals surface area contributed by atoms with Gasteiger partial charge in [0.2, 0.25) is 0 Å². The van der Waals surface area contributed by atoms with Gasteiger partial charge in [0.05, 0.1) is 5.60 Å². The quantitative estimate of drug-likeness (QED) is 0.650. The number of nitrogens with one attached hydrogen (secondary N) is 1. The summed E-state index contributed by atoms with van der Waals surface area (Å²) in [6, 6.07) is 8.51. The lowest BCUT2D eigenvalue weighted by Gasteiger charge is -2.49. The zero-order valence-electron chi connectivity index (χ0n) is 16.0. The standard InChI is InChI=1S/C21H34ClNO/c1-6-20(5)15-21(16(2)3,12-14-24-20)11-13-23-17(4)18-7-9-19(22)10-8-18/h7-10,16-17,23H,6,11-15H2,1-5H3/t17-,20+,21-/m0/s1. The van der Waals surface area contributed by atoms with Crippen LogP contribution in [0.25, 0.3) is 0 Å². The third-order valence-electron chi connectivity index (χ3n) is 6.19. The first kappa shape index (κ1) is 19.8. The Morgan fingerprint density at radius 2 is 1.88 bits per heavy atom. The van der Waals surface area contributed by atoms with Crippen molar-refractivity contribution in [2.75, 3.05) is 13.2 Å². The van der Waals surface area contributed by atoms with Crippen molar-refractivity contribution in [3.05, 3.63) is 34.9 Å². The summed E-state index contributed by atoms with van der Waals surface area (Å²) >= 11 is 5.98. The van der Waals surface area contributed by atoms with Crippen molar-refractivity contribution in [2.45, 2.75) is 71.9 Å². The summed E-state index contributed by atoms with van der Waals surface area (Å²) in [6.07, 6.45) is 4.65. The fourth-order valence-electron chi connectivity index (χ4n) is 4.01.